The average Bonchev–Trinajstić information content (AvgIpc) is 2.30. The molecule has 5 heteroatoms. The maximum absolute atomic E-state index is 13.4. The number of nitrogens with zero attached hydrogens (tertiary/aromatic N) is 2. The molecule has 0 aliphatic heterocycles. The van der Waals surface area contributed by atoms with Crippen LogP contribution in [0.3, 0.4) is 0 Å². The summed E-state index contributed by atoms with van der Waals surface area (Å²) < 4.78 is 13.4. The first-order valence-corrected chi connectivity index (χ1v) is 4.55. The summed E-state index contributed by atoms with van der Waals surface area (Å²) in [6, 6.07) is 7.52. The Morgan fingerprint density at radius 3 is 2.69 bits per heavy atom. The standard InChI is InChI=1S/C11H8FN3O/c12-8-4-2-1-3-7(8)9-5-10(11(13)16)15-6-14-9/h1-6H,(H2,13,16). The van der Waals surface area contributed by atoms with Crippen molar-refractivity contribution >= 4 is 5.91 Å². The van der Waals surface area contributed by atoms with Gasteiger partial charge in [0.25, 0.3) is 5.91 Å². The number of hydrogen-bond donors (Lipinski definition) is 1. The second-order valence-corrected chi connectivity index (χ2v) is 3.13. The number of amides is 1. The number of carbonyl (C=O) groups is 1. The first kappa shape index (κ1) is 10.2. The third kappa shape index (κ3) is 1.88. The van der Waals surface area contributed by atoms with Crippen LogP contribution in [0.5, 0.6) is 0 Å². The summed E-state index contributed by atoms with van der Waals surface area (Å²) in [5.74, 6) is -1.07. The molecule has 0 bridgehead atoms. The van der Waals surface area contributed by atoms with E-state index < -0.39 is 11.7 Å². The lowest BCUT2D eigenvalue weighted by molar-refractivity contribution is 0.0995. The van der Waals surface area contributed by atoms with E-state index in [4.69, 9.17) is 5.73 Å². The Hall–Kier alpha value is -2.30. The summed E-state index contributed by atoms with van der Waals surface area (Å²) in [7, 11) is 0. The minimum atomic E-state index is -0.667. The largest absolute Gasteiger partial charge is 0.364 e. The molecular formula is C11H8FN3O. The van der Waals surface area contributed by atoms with Crippen molar-refractivity contribution in [3.05, 3.63) is 48.2 Å². The summed E-state index contributed by atoms with van der Waals surface area (Å²) in [6.45, 7) is 0. The molecule has 0 radical (unpaired) electrons. The van der Waals surface area contributed by atoms with Gasteiger partial charge in [0.15, 0.2) is 0 Å². The Bertz CT molecular complexity index is 542. The van der Waals surface area contributed by atoms with Crippen molar-refractivity contribution in [3.8, 4) is 11.3 Å². The maximum Gasteiger partial charge on any atom is 0.267 e. The van der Waals surface area contributed by atoms with Gasteiger partial charge < -0.3 is 5.73 Å². The maximum atomic E-state index is 13.4. The average molecular weight is 217 g/mol. The summed E-state index contributed by atoms with van der Waals surface area (Å²) >= 11 is 0. The van der Waals surface area contributed by atoms with Crippen LogP contribution in [-0.4, -0.2) is 15.9 Å². The van der Waals surface area contributed by atoms with Crippen LogP contribution in [0.4, 0.5) is 4.39 Å². The number of aromatic nitrogens is 2. The fraction of sp³-hybridized carbons (Fsp3) is 0. The van der Waals surface area contributed by atoms with E-state index in [1.807, 2.05) is 0 Å². The van der Waals surface area contributed by atoms with Gasteiger partial charge in [-0.25, -0.2) is 14.4 Å². The van der Waals surface area contributed by atoms with Crippen molar-refractivity contribution < 1.29 is 9.18 Å². The van der Waals surface area contributed by atoms with Crippen LogP contribution in [0.15, 0.2) is 36.7 Å². The molecule has 2 rings (SSSR count). The highest BCUT2D eigenvalue weighted by Crippen LogP contribution is 2.19. The van der Waals surface area contributed by atoms with E-state index >= 15 is 0 Å². The Labute approximate surface area is 91.0 Å². The van der Waals surface area contributed by atoms with Crippen LogP contribution in [-0.2, 0) is 0 Å². The van der Waals surface area contributed by atoms with Crippen LogP contribution in [0.1, 0.15) is 10.5 Å². The molecule has 0 saturated heterocycles. The number of halogens is 1. The Morgan fingerprint density at radius 1 is 1.25 bits per heavy atom. The predicted octanol–water partition coefficient (Wildman–Crippen LogP) is 1.38. The molecule has 2 N–H and O–H groups in total. The molecule has 0 fully saturated rings. The monoisotopic (exact) mass is 217 g/mol. The van der Waals surface area contributed by atoms with Crippen molar-refractivity contribution in [3.63, 3.8) is 0 Å². The number of hydrogen-bond acceptors (Lipinski definition) is 3. The van der Waals surface area contributed by atoms with Crippen molar-refractivity contribution in [1.82, 2.24) is 9.97 Å². The molecule has 0 unspecified atom stereocenters. The van der Waals surface area contributed by atoms with Crippen LogP contribution < -0.4 is 5.73 Å². The highest BCUT2D eigenvalue weighted by molar-refractivity contribution is 5.91. The minimum Gasteiger partial charge on any atom is -0.364 e. The zero-order valence-corrected chi connectivity index (χ0v) is 8.22. The Morgan fingerprint density at radius 2 is 2.00 bits per heavy atom. The van der Waals surface area contributed by atoms with Gasteiger partial charge in [-0.15, -0.1) is 0 Å². The molecule has 80 valence electrons. The normalized spacial score (nSPS) is 10.1. The molecule has 2 aromatic rings. The first-order valence-electron chi connectivity index (χ1n) is 4.55. The van der Waals surface area contributed by atoms with Crippen molar-refractivity contribution in [2.45, 2.75) is 0 Å². The SMILES string of the molecule is NC(=O)c1cc(-c2ccccc2F)ncn1. The van der Waals surface area contributed by atoms with Crippen LogP contribution in [0, 0.1) is 5.82 Å². The number of nitrogens with two attached hydrogens (primary N) is 1. The number of carbonyl (C=O) groups excluding carboxylic acids is 1. The molecule has 0 aliphatic carbocycles. The molecule has 4 nitrogen and oxygen atoms in total. The van der Waals surface area contributed by atoms with Crippen LogP contribution in [0.2, 0.25) is 0 Å². The van der Waals surface area contributed by atoms with E-state index in [0.29, 0.717) is 11.3 Å². The van der Waals surface area contributed by atoms with Crippen molar-refractivity contribution in [2.75, 3.05) is 0 Å². The third-order valence-corrected chi connectivity index (χ3v) is 2.07. The Kier molecular flexibility index (Phi) is 2.59. The second-order valence-electron chi connectivity index (χ2n) is 3.13. The third-order valence-electron chi connectivity index (χ3n) is 2.07. The predicted molar refractivity (Wildman–Crippen MR) is 55.9 cm³/mol. The van der Waals surface area contributed by atoms with Crippen molar-refractivity contribution in [2.24, 2.45) is 5.73 Å². The lowest BCUT2D eigenvalue weighted by Crippen LogP contribution is -2.13. The molecule has 1 heterocycles. The highest BCUT2D eigenvalue weighted by Gasteiger charge is 2.08. The molecule has 0 saturated carbocycles. The van der Waals surface area contributed by atoms with E-state index in [-0.39, 0.29) is 5.69 Å². The highest BCUT2D eigenvalue weighted by atomic mass is 19.1. The molecule has 1 aromatic heterocycles. The van der Waals surface area contributed by atoms with E-state index in [9.17, 15) is 9.18 Å². The molecule has 1 aromatic carbocycles. The summed E-state index contributed by atoms with van der Waals surface area (Å²) in [5.41, 5.74) is 5.79. The zero-order chi connectivity index (χ0) is 11.5. The van der Waals surface area contributed by atoms with Crippen molar-refractivity contribution in [1.29, 1.82) is 0 Å². The van der Waals surface area contributed by atoms with E-state index in [2.05, 4.69) is 9.97 Å². The zero-order valence-electron chi connectivity index (χ0n) is 8.22. The molecule has 0 atom stereocenters. The summed E-state index contributed by atoms with van der Waals surface area (Å²) in [4.78, 5) is 18.5. The van der Waals surface area contributed by atoms with Gasteiger partial charge in [0.1, 0.15) is 17.8 Å². The molecule has 1 amide bonds. The summed E-state index contributed by atoms with van der Waals surface area (Å²) in [6.07, 6.45) is 1.18. The molecule has 0 aliphatic rings. The van der Waals surface area contributed by atoms with Gasteiger partial charge >= 0.3 is 0 Å². The van der Waals surface area contributed by atoms with E-state index in [1.165, 1.54) is 18.5 Å². The lowest BCUT2D eigenvalue weighted by Gasteiger charge is -2.02. The van der Waals surface area contributed by atoms with Gasteiger partial charge in [0.2, 0.25) is 0 Å². The first-order chi connectivity index (χ1) is 7.68. The van der Waals surface area contributed by atoms with Gasteiger partial charge in [0, 0.05) is 5.56 Å². The fourth-order valence-corrected chi connectivity index (χ4v) is 1.31. The number of benzene rings is 1. The van der Waals surface area contributed by atoms with Gasteiger partial charge in [-0.3, -0.25) is 4.79 Å². The number of primary amides is 1. The fourth-order valence-electron chi connectivity index (χ4n) is 1.31. The Balaban J connectivity index is 2.53. The molecule has 0 spiro atoms. The quantitative estimate of drug-likeness (QED) is 0.826. The van der Waals surface area contributed by atoms with Crippen LogP contribution >= 0.6 is 0 Å². The lowest BCUT2D eigenvalue weighted by atomic mass is 10.1. The smallest absolute Gasteiger partial charge is 0.267 e. The van der Waals surface area contributed by atoms with Crippen LogP contribution in [0.25, 0.3) is 11.3 Å². The van der Waals surface area contributed by atoms with E-state index in [1.54, 1.807) is 18.2 Å². The summed E-state index contributed by atoms with van der Waals surface area (Å²) in [5, 5.41) is 0. The number of rotatable bonds is 2. The molecule has 16 heavy (non-hydrogen) atoms. The second kappa shape index (κ2) is 4.06. The molecular weight excluding hydrogens is 209 g/mol. The topological polar surface area (TPSA) is 68.9 Å². The van der Waals surface area contributed by atoms with Gasteiger partial charge in [-0.1, -0.05) is 12.1 Å². The minimum absolute atomic E-state index is 0.0632. The van der Waals surface area contributed by atoms with E-state index in [0.717, 1.165) is 0 Å². The van der Waals surface area contributed by atoms with Gasteiger partial charge in [0.05, 0.1) is 5.69 Å². The van der Waals surface area contributed by atoms with Gasteiger partial charge in [-0.2, -0.15) is 0 Å². The van der Waals surface area contributed by atoms with Gasteiger partial charge in [-0.05, 0) is 18.2 Å².